The van der Waals surface area contributed by atoms with Crippen LogP contribution in [0.2, 0.25) is 0 Å². The van der Waals surface area contributed by atoms with Gasteiger partial charge in [-0.05, 0) is 38.5 Å². The summed E-state index contributed by atoms with van der Waals surface area (Å²) in [4.78, 5) is 7.92. The summed E-state index contributed by atoms with van der Waals surface area (Å²) in [6, 6.07) is 1.72. The van der Waals surface area contributed by atoms with Crippen molar-refractivity contribution in [1.29, 1.82) is 0 Å². The number of nitrogens with zero attached hydrogens (tertiary/aromatic N) is 2. The van der Waals surface area contributed by atoms with E-state index in [0.717, 1.165) is 5.69 Å². The summed E-state index contributed by atoms with van der Waals surface area (Å²) in [6.07, 6.45) is -1.08. The Hall–Kier alpha value is -1.33. The van der Waals surface area contributed by atoms with Crippen LogP contribution in [0.4, 0.5) is 13.2 Å². The van der Waals surface area contributed by atoms with Gasteiger partial charge in [0.2, 0.25) is 5.88 Å². The number of rotatable bonds is 3. The summed E-state index contributed by atoms with van der Waals surface area (Å²) in [6.45, 7) is 6.27. The Kier molecular flexibility index (Phi) is 6.92. The summed E-state index contributed by atoms with van der Waals surface area (Å²) in [5.41, 5.74) is 0.811. The molecule has 0 N–H and O–H groups in total. The van der Waals surface area contributed by atoms with E-state index in [1.54, 1.807) is 6.07 Å². The summed E-state index contributed by atoms with van der Waals surface area (Å²) in [5.74, 6) is -0.454. The van der Waals surface area contributed by atoms with Crippen molar-refractivity contribution in [3.63, 3.8) is 0 Å². The Morgan fingerprint density at radius 1 is 1.14 bits per heavy atom. The van der Waals surface area contributed by atoms with Crippen molar-refractivity contribution in [2.24, 2.45) is 11.8 Å². The van der Waals surface area contributed by atoms with Gasteiger partial charge in [-0.15, -0.1) is 0 Å². The molecule has 0 saturated heterocycles. The van der Waals surface area contributed by atoms with Crippen LogP contribution in [0.25, 0.3) is 0 Å². The molecule has 0 aromatic carbocycles. The molecule has 0 amide bonds. The minimum Gasteiger partial charge on any atom is -0.477 e. The first-order valence-electron chi connectivity index (χ1n) is 7.43. The Morgan fingerprint density at radius 2 is 1.76 bits per heavy atom. The average molecular weight is 304 g/mol. The second kappa shape index (κ2) is 8.20. The Balaban J connectivity index is 0.00000106. The van der Waals surface area contributed by atoms with E-state index in [1.165, 1.54) is 6.33 Å². The molecule has 6 heteroatoms. The van der Waals surface area contributed by atoms with Gasteiger partial charge in [0.15, 0.2) is 0 Å². The first-order chi connectivity index (χ1) is 9.95. The maximum absolute atomic E-state index is 12.5. The van der Waals surface area contributed by atoms with Gasteiger partial charge in [0, 0.05) is 11.8 Å². The minimum absolute atomic E-state index is 0.189. The second-order valence-electron chi connectivity index (χ2n) is 5.07. The van der Waals surface area contributed by atoms with Gasteiger partial charge in [0.25, 0.3) is 0 Å². The van der Waals surface area contributed by atoms with Crippen molar-refractivity contribution in [2.75, 3.05) is 6.61 Å². The molecular formula is C15H23F3N2O. The lowest BCUT2D eigenvalue weighted by atomic mass is 9.82. The van der Waals surface area contributed by atoms with Crippen molar-refractivity contribution in [3.05, 3.63) is 18.1 Å². The molecule has 3 nitrogen and oxygen atoms in total. The molecule has 0 spiro atoms. The lowest BCUT2D eigenvalue weighted by Gasteiger charge is -2.29. The molecule has 21 heavy (non-hydrogen) atoms. The highest BCUT2D eigenvalue weighted by Gasteiger charge is 2.41. The highest BCUT2D eigenvalue weighted by molar-refractivity contribution is 5.11. The fraction of sp³-hybridized carbons (Fsp3) is 0.733. The van der Waals surface area contributed by atoms with E-state index in [2.05, 4.69) is 9.97 Å². The molecule has 2 rings (SSSR count). The Morgan fingerprint density at radius 3 is 2.29 bits per heavy atom. The van der Waals surface area contributed by atoms with Gasteiger partial charge >= 0.3 is 6.18 Å². The van der Waals surface area contributed by atoms with E-state index in [0.29, 0.717) is 25.3 Å². The van der Waals surface area contributed by atoms with Gasteiger partial charge in [0.1, 0.15) is 6.33 Å². The van der Waals surface area contributed by atoms with Gasteiger partial charge in [-0.3, -0.25) is 0 Å². The van der Waals surface area contributed by atoms with Gasteiger partial charge in [-0.25, -0.2) is 9.97 Å². The van der Waals surface area contributed by atoms with E-state index < -0.39 is 12.1 Å². The SMILES string of the molecule is CC.Cc1cc(OCC2CCC(C(F)(F)F)CC2)ncn1. The molecular weight excluding hydrogens is 281 g/mol. The molecule has 1 aliphatic carbocycles. The molecule has 0 atom stereocenters. The van der Waals surface area contributed by atoms with Crippen molar-refractivity contribution < 1.29 is 17.9 Å². The van der Waals surface area contributed by atoms with Crippen LogP contribution in [0.15, 0.2) is 12.4 Å². The number of hydrogen-bond donors (Lipinski definition) is 0. The first kappa shape index (κ1) is 17.7. The van der Waals surface area contributed by atoms with E-state index in [9.17, 15) is 13.2 Å². The van der Waals surface area contributed by atoms with Crippen LogP contribution in [0, 0.1) is 18.8 Å². The number of halogens is 3. The number of alkyl halides is 3. The third kappa shape index (κ3) is 5.89. The van der Waals surface area contributed by atoms with Crippen LogP contribution in [-0.4, -0.2) is 22.8 Å². The number of aromatic nitrogens is 2. The second-order valence-corrected chi connectivity index (χ2v) is 5.07. The Labute approximate surface area is 123 Å². The predicted molar refractivity (Wildman–Crippen MR) is 75.1 cm³/mol. The van der Waals surface area contributed by atoms with E-state index in [1.807, 2.05) is 20.8 Å². The van der Waals surface area contributed by atoms with Crippen LogP contribution in [0.1, 0.15) is 45.2 Å². The molecule has 1 fully saturated rings. The normalized spacial score (nSPS) is 22.2. The van der Waals surface area contributed by atoms with Crippen LogP contribution in [0.3, 0.4) is 0 Å². The highest BCUT2D eigenvalue weighted by atomic mass is 19.4. The van der Waals surface area contributed by atoms with Crippen molar-refractivity contribution in [2.45, 2.75) is 52.6 Å². The highest BCUT2D eigenvalue weighted by Crippen LogP contribution is 2.39. The lowest BCUT2D eigenvalue weighted by Crippen LogP contribution is -2.29. The van der Waals surface area contributed by atoms with Crippen LogP contribution < -0.4 is 4.74 Å². The minimum atomic E-state index is -4.05. The molecule has 1 saturated carbocycles. The predicted octanol–water partition coefficient (Wildman–Crippen LogP) is 4.56. The molecule has 0 bridgehead atoms. The quantitative estimate of drug-likeness (QED) is 0.821. The molecule has 1 heterocycles. The number of aryl methyl sites for hydroxylation is 1. The van der Waals surface area contributed by atoms with Gasteiger partial charge in [-0.1, -0.05) is 13.8 Å². The maximum Gasteiger partial charge on any atom is 0.391 e. The summed E-state index contributed by atoms with van der Waals surface area (Å²) < 4.78 is 43.1. The zero-order chi connectivity index (χ0) is 15.9. The smallest absolute Gasteiger partial charge is 0.391 e. The van der Waals surface area contributed by atoms with Crippen LogP contribution >= 0.6 is 0 Å². The molecule has 0 radical (unpaired) electrons. The largest absolute Gasteiger partial charge is 0.477 e. The summed E-state index contributed by atoms with van der Waals surface area (Å²) in [5, 5.41) is 0. The lowest BCUT2D eigenvalue weighted by molar-refractivity contribution is -0.184. The monoisotopic (exact) mass is 304 g/mol. The number of hydrogen-bond acceptors (Lipinski definition) is 3. The fourth-order valence-corrected chi connectivity index (χ4v) is 2.37. The average Bonchev–Trinajstić information content (AvgIpc) is 2.47. The van der Waals surface area contributed by atoms with Crippen LogP contribution in [-0.2, 0) is 0 Å². The van der Waals surface area contributed by atoms with Crippen molar-refractivity contribution in [3.8, 4) is 5.88 Å². The van der Waals surface area contributed by atoms with E-state index in [-0.39, 0.29) is 18.8 Å². The topological polar surface area (TPSA) is 35.0 Å². The molecule has 1 aromatic heterocycles. The molecule has 120 valence electrons. The molecule has 1 aliphatic rings. The zero-order valence-electron chi connectivity index (χ0n) is 12.8. The Bertz CT molecular complexity index is 416. The number of ether oxygens (including phenoxy) is 1. The zero-order valence-corrected chi connectivity index (χ0v) is 12.8. The maximum atomic E-state index is 12.5. The summed E-state index contributed by atoms with van der Waals surface area (Å²) >= 11 is 0. The van der Waals surface area contributed by atoms with Crippen LogP contribution in [0.5, 0.6) is 5.88 Å². The standard InChI is InChI=1S/C13H17F3N2O.C2H6/c1-9-6-12(18-8-17-9)19-7-10-2-4-11(5-3-10)13(14,15)16;1-2/h6,8,10-11H,2-5,7H2,1H3;1-2H3. The molecule has 1 aromatic rings. The molecule has 0 unspecified atom stereocenters. The van der Waals surface area contributed by atoms with E-state index in [4.69, 9.17) is 4.74 Å². The van der Waals surface area contributed by atoms with Crippen molar-refractivity contribution >= 4 is 0 Å². The summed E-state index contributed by atoms with van der Waals surface area (Å²) in [7, 11) is 0. The third-order valence-corrected chi connectivity index (χ3v) is 3.56. The fourth-order valence-electron chi connectivity index (χ4n) is 2.37. The van der Waals surface area contributed by atoms with E-state index >= 15 is 0 Å². The van der Waals surface area contributed by atoms with Gasteiger partial charge in [0.05, 0.1) is 12.5 Å². The first-order valence-corrected chi connectivity index (χ1v) is 7.43. The molecule has 0 aliphatic heterocycles. The third-order valence-electron chi connectivity index (χ3n) is 3.56. The van der Waals surface area contributed by atoms with Crippen molar-refractivity contribution in [1.82, 2.24) is 9.97 Å². The van der Waals surface area contributed by atoms with Gasteiger partial charge < -0.3 is 4.74 Å². The van der Waals surface area contributed by atoms with Gasteiger partial charge in [-0.2, -0.15) is 13.2 Å².